The van der Waals surface area contributed by atoms with Gasteiger partial charge in [-0.25, -0.2) is 0 Å². The Morgan fingerprint density at radius 2 is 1.15 bits per heavy atom. The lowest BCUT2D eigenvalue weighted by molar-refractivity contribution is 0.802. The molecule has 2 aliphatic rings. The molecule has 0 aromatic heterocycles. The van der Waals surface area contributed by atoms with Crippen LogP contribution in [0, 0.1) is 6.92 Å². The average Bonchev–Trinajstić information content (AvgIpc) is 3.36. The number of hydrogen-bond acceptors (Lipinski definition) is 0. The van der Waals surface area contributed by atoms with Crippen LogP contribution in [0.25, 0.3) is 43.8 Å². The maximum atomic E-state index is 2.40. The fourth-order valence-electron chi connectivity index (χ4n) is 6.87. The van der Waals surface area contributed by atoms with E-state index in [1.165, 1.54) is 71.6 Å². The van der Waals surface area contributed by atoms with Crippen molar-refractivity contribution in [2.75, 3.05) is 0 Å². The topological polar surface area (TPSA) is 0 Å². The van der Waals surface area contributed by atoms with Gasteiger partial charge in [-0.2, -0.15) is 0 Å². The molecule has 0 atom stereocenters. The van der Waals surface area contributed by atoms with Crippen LogP contribution in [0.1, 0.15) is 27.8 Å². The summed E-state index contributed by atoms with van der Waals surface area (Å²) in [6.07, 6.45) is 0. The highest BCUT2D eigenvalue weighted by atomic mass is 14.5. The van der Waals surface area contributed by atoms with Gasteiger partial charge in [-0.15, -0.1) is 0 Å². The molecule has 8 rings (SSSR count). The minimum atomic E-state index is -0.309. The van der Waals surface area contributed by atoms with Crippen LogP contribution < -0.4 is 0 Å². The van der Waals surface area contributed by atoms with E-state index in [9.17, 15) is 0 Å². The van der Waals surface area contributed by atoms with Crippen molar-refractivity contribution in [2.24, 2.45) is 0 Å². The standard InChI is InChI=1S/C34H22/c1-21-14-17-25-23(20-21)15-18-28-32-24-9-3-2-8-22(24)16-19-31(32)34(33(25)28)29-12-6-4-10-26(29)27-11-5-7-13-30(27)34/h2-20H,1H3. The molecular weight excluding hydrogens is 408 g/mol. The number of fused-ring (bicyclic) bond motifs is 14. The monoisotopic (exact) mass is 430 g/mol. The number of aryl methyl sites for hydroxylation is 1. The Hall–Kier alpha value is -4.16. The first-order valence-corrected chi connectivity index (χ1v) is 12.0. The van der Waals surface area contributed by atoms with Gasteiger partial charge >= 0.3 is 0 Å². The molecule has 158 valence electrons. The van der Waals surface area contributed by atoms with Gasteiger partial charge in [0, 0.05) is 0 Å². The molecular formula is C34H22. The first-order valence-electron chi connectivity index (χ1n) is 12.0. The van der Waals surface area contributed by atoms with E-state index in [0.29, 0.717) is 0 Å². The molecule has 0 saturated carbocycles. The van der Waals surface area contributed by atoms with Gasteiger partial charge in [0.2, 0.25) is 0 Å². The van der Waals surface area contributed by atoms with Crippen LogP contribution in [0.4, 0.5) is 0 Å². The molecule has 0 aliphatic heterocycles. The van der Waals surface area contributed by atoms with E-state index in [1.807, 2.05) is 0 Å². The SMILES string of the molecule is Cc1ccc2c3c(ccc2c1)-c1c(ccc2ccccc12)C31c2ccccc2-c2ccccc21. The molecule has 0 N–H and O–H groups in total. The molecule has 34 heavy (non-hydrogen) atoms. The van der Waals surface area contributed by atoms with E-state index in [2.05, 4.69) is 122 Å². The summed E-state index contributed by atoms with van der Waals surface area (Å²) in [4.78, 5) is 0. The second-order valence-corrected chi connectivity index (χ2v) is 9.76. The molecule has 0 unspecified atom stereocenters. The van der Waals surface area contributed by atoms with E-state index < -0.39 is 0 Å². The van der Waals surface area contributed by atoms with Gasteiger partial charge in [0.1, 0.15) is 0 Å². The van der Waals surface area contributed by atoms with E-state index in [4.69, 9.17) is 0 Å². The van der Waals surface area contributed by atoms with Crippen LogP contribution in [0.5, 0.6) is 0 Å². The van der Waals surface area contributed by atoms with Crippen LogP contribution in [-0.2, 0) is 5.41 Å². The van der Waals surface area contributed by atoms with Gasteiger partial charge in [-0.1, -0.05) is 121 Å². The lowest BCUT2D eigenvalue weighted by Gasteiger charge is -2.31. The second kappa shape index (κ2) is 6.24. The van der Waals surface area contributed by atoms with E-state index >= 15 is 0 Å². The molecule has 0 radical (unpaired) electrons. The molecule has 0 nitrogen and oxygen atoms in total. The Balaban J connectivity index is 1.68. The third kappa shape index (κ3) is 2.01. The Kier molecular flexibility index (Phi) is 3.36. The van der Waals surface area contributed by atoms with Crippen LogP contribution in [0.15, 0.2) is 115 Å². The minimum Gasteiger partial charge on any atom is -0.0619 e. The normalized spacial score (nSPS) is 14.3. The van der Waals surface area contributed by atoms with Crippen molar-refractivity contribution in [1.82, 2.24) is 0 Å². The summed E-state index contributed by atoms with van der Waals surface area (Å²) < 4.78 is 0. The zero-order valence-electron chi connectivity index (χ0n) is 19.0. The first kappa shape index (κ1) is 18.3. The molecule has 6 aromatic carbocycles. The summed E-state index contributed by atoms with van der Waals surface area (Å²) >= 11 is 0. The number of rotatable bonds is 0. The zero-order chi connectivity index (χ0) is 22.4. The highest BCUT2D eigenvalue weighted by Crippen LogP contribution is 2.64. The van der Waals surface area contributed by atoms with Gasteiger partial charge in [-0.05, 0) is 73.0 Å². The van der Waals surface area contributed by atoms with Crippen LogP contribution >= 0.6 is 0 Å². The van der Waals surface area contributed by atoms with Crippen molar-refractivity contribution in [3.63, 3.8) is 0 Å². The summed E-state index contributed by atoms with van der Waals surface area (Å²) in [5.41, 5.74) is 12.1. The molecule has 0 heteroatoms. The maximum absolute atomic E-state index is 2.40. The molecule has 0 heterocycles. The molecule has 0 amide bonds. The zero-order valence-corrected chi connectivity index (χ0v) is 19.0. The van der Waals surface area contributed by atoms with Gasteiger partial charge in [0.25, 0.3) is 0 Å². The molecule has 0 saturated heterocycles. The van der Waals surface area contributed by atoms with E-state index in [0.717, 1.165) is 0 Å². The van der Waals surface area contributed by atoms with Gasteiger partial charge in [0.05, 0.1) is 5.41 Å². The largest absolute Gasteiger partial charge is 0.0731 e. The average molecular weight is 431 g/mol. The second-order valence-electron chi connectivity index (χ2n) is 9.76. The van der Waals surface area contributed by atoms with Crippen molar-refractivity contribution in [3.05, 3.63) is 143 Å². The quantitative estimate of drug-likeness (QED) is 0.226. The van der Waals surface area contributed by atoms with E-state index in [1.54, 1.807) is 0 Å². The lowest BCUT2D eigenvalue weighted by Crippen LogP contribution is -2.26. The highest BCUT2D eigenvalue weighted by molar-refractivity contribution is 6.10. The Bertz CT molecular complexity index is 1770. The molecule has 2 aliphatic carbocycles. The van der Waals surface area contributed by atoms with Gasteiger partial charge < -0.3 is 0 Å². The smallest absolute Gasteiger partial charge is 0.0619 e. The Labute approximate surface area is 199 Å². The summed E-state index contributed by atoms with van der Waals surface area (Å²) in [6.45, 7) is 2.19. The Morgan fingerprint density at radius 3 is 1.94 bits per heavy atom. The Morgan fingerprint density at radius 1 is 0.471 bits per heavy atom. The maximum Gasteiger partial charge on any atom is 0.0731 e. The van der Waals surface area contributed by atoms with Gasteiger partial charge in [0.15, 0.2) is 0 Å². The lowest BCUT2D eigenvalue weighted by atomic mass is 9.69. The third-order valence-electron chi connectivity index (χ3n) is 8.10. The predicted octanol–water partition coefficient (Wildman–Crippen LogP) is 8.64. The molecule has 1 spiro atoms. The molecule has 6 aromatic rings. The van der Waals surface area contributed by atoms with Crippen molar-refractivity contribution in [1.29, 1.82) is 0 Å². The highest BCUT2D eigenvalue weighted by Gasteiger charge is 2.52. The van der Waals surface area contributed by atoms with Crippen LogP contribution in [-0.4, -0.2) is 0 Å². The number of hydrogen-bond donors (Lipinski definition) is 0. The van der Waals surface area contributed by atoms with Crippen molar-refractivity contribution < 1.29 is 0 Å². The van der Waals surface area contributed by atoms with Crippen LogP contribution in [0.3, 0.4) is 0 Å². The summed E-state index contributed by atoms with van der Waals surface area (Å²) in [7, 11) is 0. The molecule has 0 fully saturated rings. The predicted molar refractivity (Wildman–Crippen MR) is 142 cm³/mol. The minimum absolute atomic E-state index is 0.309. The fourth-order valence-corrected chi connectivity index (χ4v) is 6.87. The first-order chi connectivity index (χ1) is 16.8. The fraction of sp³-hybridized carbons (Fsp3) is 0.0588. The van der Waals surface area contributed by atoms with Gasteiger partial charge in [-0.3, -0.25) is 0 Å². The summed E-state index contributed by atoms with van der Waals surface area (Å²) in [5, 5.41) is 5.31. The van der Waals surface area contributed by atoms with Crippen molar-refractivity contribution >= 4 is 21.5 Å². The summed E-state index contributed by atoms with van der Waals surface area (Å²) in [6, 6.07) is 43.3. The van der Waals surface area contributed by atoms with Crippen LogP contribution in [0.2, 0.25) is 0 Å². The summed E-state index contributed by atoms with van der Waals surface area (Å²) in [5.74, 6) is 0. The molecule has 0 bridgehead atoms. The third-order valence-corrected chi connectivity index (χ3v) is 8.10. The number of benzene rings is 6. The van der Waals surface area contributed by atoms with Crippen molar-refractivity contribution in [3.8, 4) is 22.3 Å². The van der Waals surface area contributed by atoms with Crippen molar-refractivity contribution in [2.45, 2.75) is 12.3 Å². The van der Waals surface area contributed by atoms with E-state index in [-0.39, 0.29) is 5.41 Å².